The van der Waals surface area contributed by atoms with Gasteiger partial charge in [-0.2, -0.15) is 0 Å². The van der Waals surface area contributed by atoms with Crippen LogP contribution in [0.15, 0.2) is 42.5 Å². The fourth-order valence-electron chi connectivity index (χ4n) is 3.28. The monoisotopic (exact) mass is 429 g/mol. The first-order chi connectivity index (χ1) is 14.2. The highest BCUT2D eigenvalue weighted by molar-refractivity contribution is 7.90. The number of aryl methyl sites for hydroxylation is 1. The summed E-state index contributed by atoms with van der Waals surface area (Å²) in [6.45, 7) is 5.80. The van der Waals surface area contributed by atoms with Crippen molar-refractivity contribution in [3.63, 3.8) is 0 Å². The molecular formula is C22H27N3O4S. The molecule has 0 bridgehead atoms. The number of hydrogen-bond acceptors (Lipinski definition) is 5. The summed E-state index contributed by atoms with van der Waals surface area (Å²) in [6, 6.07) is 11.4. The molecule has 3 N–H and O–H groups in total. The summed E-state index contributed by atoms with van der Waals surface area (Å²) >= 11 is 0. The molecule has 0 spiro atoms. The molecule has 2 atom stereocenters. The smallest absolute Gasteiger partial charge is 0.251 e. The lowest BCUT2D eigenvalue weighted by Gasteiger charge is -2.27. The minimum Gasteiger partial charge on any atom is -0.371 e. The largest absolute Gasteiger partial charge is 0.371 e. The maximum Gasteiger partial charge on any atom is 0.251 e. The highest BCUT2D eigenvalue weighted by Crippen LogP contribution is 2.28. The van der Waals surface area contributed by atoms with Crippen molar-refractivity contribution in [3.05, 3.63) is 59.2 Å². The number of carbonyl (C=O) groups is 2. The van der Waals surface area contributed by atoms with E-state index < -0.39 is 21.8 Å². The minimum atomic E-state index is -3.51. The Balaban J connectivity index is 1.71. The van der Waals surface area contributed by atoms with Gasteiger partial charge in [-0.1, -0.05) is 36.8 Å². The van der Waals surface area contributed by atoms with E-state index in [1.807, 2.05) is 39.0 Å². The van der Waals surface area contributed by atoms with Crippen molar-refractivity contribution >= 4 is 33.0 Å². The molecule has 0 aromatic heterocycles. The van der Waals surface area contributed by atoms with Crippen molar-refractivity contribution in [2.45, 2.75) is 45.0 Å². The highest BCUT2D eigenvalue weighted by atomic mass is 32.2. The molecule has 0 aliphatic carbocycles. The molecule has 1 aliphatic heterocycles. The summed E-state index contributed by atoms with van der Waals surface area (Å²) in [5, 5.41) is 8.60. The molecule has 0 saturated heterocycles. The molecule has 0 fully saturated rings. The summed E-state index contributed by atoms with van der Waals surface area (Å²) in [5.74, 6) is -1.09. The molecule has 1 aliphatic rings. The average molecular weight is 430 g/mol. The number of anilines is 2. The van der Waals surface area contributed by atoms with Crippen molar-refractivity contribution in [1.29, 1.82) is 0 Å². The summed E-state index contributed by atoms with van der Waals surface area (Å²) < 4.78 is 25.3. The zero-order valence-corrected chi connectivity index (χ0v) is 18.2. The zero-order valence-electron chi connectivity index (χ0n) is 17.4. The van der Waals surface area contributed by atoms with E-state index in [4.69, 9.17) is 0 Å². The third-order valence-corrected chi connectivity index (χ3v) is 6.68. The molecule has 30 heavy (non-hydrogen) atoms. The summed E-state index contributed by atoms with van der Waals surface area (Å²) in [6.07, 6.45) is 0.813. The number of hydrogen-bond donors (Lipinski definition) is 3. The van der Waals surface area contributed by atoms with Crippen LogP contribution in [0.3, 0.4) is 0 Å². The van der Waals surface area contributed by atoms with Gasteiger partial charge >= 0.3 is 0 Å². The summed E-state index contributed by atoms with van der Waals surface area (Å²) in [5.41, 5.74) is 3.16. The van der Waals surface area contributed by atoms with E-state index in [0.29, 0.717) is 22.5 Å². The molecule has 3 rings (SSSR count). The molecule has 2 amide bonds. The number of benzene rings is 2. The molecule has 0 unspecified atom stereocenters. The van der Waals surface area contributed by atoms with Crippen LogP contribution in [0.2, 0.25) is 0 Å². The fraction of sp³-hybridized carbons (Fsp3) is 0.364. The second-order valence-electron chi connectivity index (χ2n) is 7.77. The van der Waals surface area contributed by atoms with Crippen LogP contribution >= 0.6 is 0 Å². The van der Waals surface area contributed by atoms with Crippen molar-refractivity contribution < 1.29 is 18.0 Å². The summed E-state index contributed by atoms with van der Waals surface area (Å²) in [4.78, 5) is 24.8. The van der Waals surface area contributed by atoms with E-state index in [1.165, 1.54) is 0 Å². The van der Waals surface area contributed by atoms with Crippen molar-refractivity contribution in [2.75, 3.05) is 16.4 Å². The SMILES string of the molecule is CC[C@@H](C)NC(=O)c1ccc2c(c1)NC(=O)[C@H](CS(=O)(=O)Cc1cccc(C)c1)N2. The number of fused-ring (bicyclic) bond motifs is 1. The van der Waals surface area contributed by atoms with Gasteiger partial charge in [0.2, 0.25) is 5.91 Å². The Kier molecular flexibility index (Phi) is 6.45. The molecule has 0 radical (unpaired) electrons. The predicted molar refractivity (Wildman–Crippen MR) is 118 cm³/mol. The molecule has 2 aromatic rings. The number of nitrogens with one attached hydrogen (secondary N) is 3. The van der Waals surface area contributed by atoms with Crippen molar-refractivity contribution in [1.82, 2.24) is 5.32 Å². The Bertz CT molecular complexity index is 1070. The summed E-state index contributed by atoms with van der Waals surface area (Å²) in [7, 11) is -3.51. The van der Waals surface area contributed by atoms with Crippen LogP contribution in [0.4, 0.5) is 11.4 Å². The fourth-order valence-corrected chi connectivity index (χ4v) is 4.83. The maximum atomic E-state index is 12.6. The first-order valence-electron chi connectivity index (χ1n) is 9.95. The van der Waals surface area contributed by atoms with Crippen LogP contribution in [0, 0.1) is 6.92 Å². The Labute approximate surface area is 177 Å². The molecule has 0 saturated carbocycles. The van der Waals surface area contributed by atoms with Crippen molar-refractivity contribution in [3.8, 4) is 0 Å². The Morgan fingerprint density at radius 3 is 2.63 bits per heavy atom. The van der Waals surface area contributed by atoms with Gasteiger partial charge in [-0.25, -0.2) is 8.42 Å². The van der Waals surface area contributed by atoms with Gasteiger partial charge in [0.15, 0.2) is 9.84 Å². The highest BCUT2D eigenvalue weighted by Gasteiger charge is 2.30. The van der Waals surface area contributed by atoms with E-state index in [0.717, 1.165) is 12.0 Å². The lowest BCUT2D eigenvalue weighted by Crippen LogP contribution is -2.43. The van der Waals surface area contributed by atoms with Crippen LogP contribution in [-0.2, 0) is 20.4 Å². The quantitative estimate of drug-likeness (QED) is 0.628. The molecule has 8 heteroatoms. The Morgan fingerprint density at radius 2 is 1.93 bits per heavy atom. The van der Waals surface area contributed by atoms with Gasteiger partial charge in [0, 0.05) is 11.6 Å². The lowest BCUT2D eigenvalue weighted by molar-refractivity contribution is -0.116. The second kappa shape index (κ2) is 8.87. The maximum absolute atomic E-state index is 12.6. The van der Waals surface area contributed by atoms with Crippen LogP contribution < -0.4 is 16.0 Å². The third kappa shape index (κ3) is 5.38. The zero-order chi connectivity index (χ0) is 21.9. The molecule has 160 valence electrons. The van der Waals surface area contributed by atoms with Gasteiger partial charge in [-0.15, -0.1) is 0 Å². The van der Waals surface area contributed by atoms with E-state index >= 15 is 0 Å². The standard InChI is InChI=1S/C22H27N3O4S/c1-4-15(3)23-21(26)17-8-9-18-19(11-17)25-22(27)20(24-18)13-30(28,29)12-16-7-5-6-14(2)10-16/h5-11,15,20,24H,4,12-13H2,1-3H3,(H,23,26)(H,25,27)/t15-,20+/m1/s1. The Hall–Kier alpha value is -2.87. The van der Waals surface area contributed by atoms with Crippen LogP contribution in [0.25, 0.3) is 0 Å². The van der Waals surface area contributed by atoms with E-state index in [1.54, 1.807) is 24.3 Å². The second-order valence-corrected chi connectivity index (χ2v) is 9.88. The van der Waals surface area contributed by atoms with E-state index in [9.17, 15) is 18.0 Å². The van der Waals surface area contributed by atoms with E-state index in [-0.39, 0.29) is 23.5 Å². The predicted octanol–water partition coefficient (Wildman–Crippen LogP) is 2.87. The average Bonchev–Trinajstić information content (AvgIpc) is 2.67. The third-order valence-electron chi connectivity index (χ3n) is 5.07. The van der Waals surface area contributed by atoms with Gasteiger partial charge in [0.05, 0.1) is 22.9 Å². The molecular weight excluding hydrogens is 402 g/mol. The lowest BCUT2D eigenvalue weighted by atomic mass is 10.1. The van der Waals surface area contributed by atoms with E-state index in [2.05, 4.69) is 16.0 Å². The van der Waals surface area contributed by atoms with Crippen LogP contribution in [-0.4, -0.2) is 38.1 Å². The van der Waals surface area contributed by atoms with Gasteiger partial charge in [-0.05, 0) is 44.0 Å². The first-order valence-corrected chi connectivity index (χ1v) is 11.8. The first kappa shape index (κ1) is 21.8. The van der Waals surface area contributed by atoms with Gasteiger partial charge in [0.1, 0.15) is 6.04 Å². The van der Waals surface area contributed by atoms with Gasteiger partial charge in [0.25, 0.3) is 5.91 Å². The molecule has 2 aromatic carbocycles. The topological polar surface area (TPSA) is 104 Å². The normalized spacial score (nSPS) is 16.8. The molecule has 1 heterocycles. The Morgan fingerprint density at radius 1 is 1.17 bits per heavy atom. The van der Waals surface area contributed by atoms with Crippen molar-refractivity contribution in [2.24, 2.45) is 0 Å². The number of sulfone groups is 1. The van der Waals surface area contributed by atoms with Gasteiger partial charge in [-0.3, -0.25) is 9.59 Å². The minimum absolute atomic E-state index is 0.0456. The number of amides is 2. The van der Waals surface area contributed by atoms with Gasteiger partial charge < -0.3 is 16.0 Å². The van der Waals surface area contributed by atoms with Crippen LogP contribution in [0.5, 0.6) is 0 Å². The number of carbonyl (C=O) groups excluding carboxylic acids is 2. The van der Waals surface area contributed by atoms with Crippen LogP contribution in [0.1, 0.15) is 41.8 Å². The number of rotatable bonds is 7. The molecule has 7 nitrogen and oxygen atoms in total.